The molecule has 0 saturated carbocycles. The Morgan fingerprint density at radius 1 is 1.06 bits per heavy atom. The van der Waals surface area contributed by atoms with Crippen molar-refractivity contribution in [3.05, 3.63) is 69.5 Å². The molecule has 0 aliphatic heterocycles. The summed E-state index contributed by atoms with van der Waals surface area (Å²) in [6.45, 7) is 6.16. The molecule has 1 amide bonds. The maximum Gasteiger partial charge on any atom is 0.256 e. The van der Waals surface area contributed by atoms with Gasteiger partial charge in [0.2, 0.25) is 5.75 Å². The molecule has 170 valence electrons. The number of benzene rings is 2. The van der Waals surface area contributed by atoms with Crippen molar-refractivity contribution in [2.45, 2.75) is 33.4 Å². The van der Waals surface area contributed by atoms with Crippen LogP contribution in [0.3, 0.4) is 0 Å². The van der Waals surface area contributed by atoms with E-state index in [0.717, 1.165) is 11.1 Å². The molecule has 1 heterocycles. The Bertz CT molecular complexity index is 1080. The minimum Gasteiger partial charge on any atom is -0.493 e. The van der Waals surface area contributed by atoms with E-state index in [0.29, 0.717) is 40.2 Å². The van der Waals surface area contributed by atoms with Gasteiger partial charge in [0.25, 0.3) is 5.91 Å². The number of aromatic nitrogens is 2. The van der Waals surface area contributed by atoms with E-state index < -0.39 is 0 Å². The second-order valence-corrected chi connectivity index (χ2v) is 7.91. The lowest BCUT2D eigenvalue weighted by molar-refractivity contribution is 0.0939. The van der Waals surface area contributed by atoms with Crippen LogP contribution >= 0.6 is 11.6 Å². The molecule has 3 aromatic rings. The van der Waals surface area contributed by atoms with E-state index >= 15 is 0 Å². The quantitative estimate of drug-likeness (QED) is 0.529. The molecule has 0 saturated heterocycles. The molecule has 0 aliphatic rings. The molecule has 1 unspecified atom stereocenters. The lowest BCUT2D eigenvalue weighted by Gasteiger charge is -2.19. The zero-order valence-corrected chi connectivity index (χ0v) is 19.9. The standard InChI is InChI=1S/C24H28ClN3O4/c1-14-7-9-17(10-8-14)13-28-23(25)21(16(3)27-28)24(29)26-15(2)18-11-19(30-4)22(32-6)20(12-18)31-5/h7-12,15H,13H2,1-6H3,(H,26,29). The lowest BCUT2D eigenvalue weighted by atomic mass is 10.1. The van der Waals surface area contributed by atoms with Gasteiger partial charge in [0.15, 0.2) is 11.5 Å². The van der Waals surface area contributed by atoms with Gasteiger partial charge in [-0.1, -0.05) is 41.4 Å². The Balaban J connectivity index is 1.83. The van der Waals surface area contributed by atoms with E-state index in [-0.39, 0.29) is 11.9 Å². The van der Waals surface area contributed by atoms with Crippen molar-refractivity contribution in [3.8, 4) is 17.2 Å². The third-order valence-electron chi connectivity index (χ3n) is 5.28. The van der Waals surface area contributed by atoms with Crippen molar-refractivity contribution < 1.29 is 19.0 Å². The van der Waals surface area contributed by atoms with Gasteiger partial charge in [-0.25, -0.2) is 4.68 Å². The van der Waals surface area contributed by atoms with Crippen LogP contribution in [-0.2, 0) is 6.54 Å². The largest absolute Gasteiger partial charge is 0.493 e. The molecule has 32 heavy (non-hydrogen) atoms. The molecule has 0 aliphatic carbocycles. The Kier molecular flexibility index (Phi) is 7.30. The molecular formula is C24H28ClN3O4. The summed E-state index contributed by atoms with van der Waals surface area (Å²) in [5.41, 5.74) is 3.96. The Morgan fingerprint density at radius 3 is 2.19 bits per heavy atom. The highest BCUT2D eigenvalue weighted by molar-refractivity contribution is 6.33. The number of carbonyl (C=O) groups excluding carboxylic acids is 1. The van der Waals surface area contributed by atoms with Crippen LogP contribution in [0.4, 0.5) is 0 Å². The number of nitrogens with one attached hydrogen (secondary N) is 1. The second kappa shape index (κ2) is 9.96. The highest BCUT2D eigenvalue weighted by Gasteiger charge is 2.23. The summed E-state index contributed by atoms with van der Waals surface area (Å²) in [6.07, 6.45) is 0. The number of amides is 1. The van der Waals surface area contributed by atoms with E-state index in [4.69, 9.17) is 25.8 Å². The van der Waals surface area contributed by atoms with Crippen molar-refractivity contribution in [2.24, 2.45) is 0 Å². The third kappa shape index (κ3) is 4.83. The topological polar surface area (TPSA) is 74.6 Å². The summed E-state index contributed by atoms with van der Waals surface area (Å²) in [6, 6.07) is 11.4. The van der Waals surface area contributed by atoms with Gasteiger partial charge in [0, 0.05) is 0 Å². The SMILES string of the molecule is COc1cc(C(C)NC(=O)c2c(C)nn(Cc3ccc(C)cc3)c2Cl)cc(OC)c1OC. The Morgan fingerprint density at radius 2 is 1.66 bits per heavy atom. The molecular weight excluding hydrogens is 430 g/mol. The average Bonchev–Trinajstić information content (AvgIpc) is 3.06. The van der Waals surface area contributed by atoms with Gasteiger partial charge >= 0.3 is 0 Å². The Hall–Kier alpha value is -3.19. The molecule has 1 N–H and O–H groups in total. The number of hydrogen-bond donors (Lipinski definition) is 1. The number of carbonyl (C=O) groups is 1. The van der Waals surface area contributed by atoms with Crippen LogP contribution < -0.4 is 19.5 Å². The molecule has 0 bridgehead atoms. The molecule has 0 spiro atoms. The number of methoxy groups -OCH3 is 3. The fourth-order valence-electron chi connectivity index (χ4n) is 3.49. The summed E-state index contributed by atoms with van der Waals surface area (Å²) in [4.78, 5) is 13.1. The van der Waals surface area contributed by atoms with Crippen LogP contribution in [-0.4, -0.2) is 37.0 Å². The summed E-state index contributed by atoms with van der Waals surface area (Å²) in [5.74, 6) is 1.23. The molecule has 1 atom stereocenters. The molecule has 8 heteroatoms. The lowest BCUT2D eigenvalue weighted by Crippen LogP contribution is -2.27. The van der Waals surface area contributed by atoms with E-state index in [9.17, 15) is 4.79 Å². The minimum absolute atomic E-state index is 0.302. The van der Waals surface area contributed by atoms with Gasteiger partial charge in [0.05, 0.1) is 45.2 Å². The number of aryl methyl sites for hydroxylation is 2. The maximum absolute atomic E-state index is 13.1. The van der Waals surface area contributed by atoms with Gasteiger partial charge in [-0.05, 0) is 44.0 Å². The Labute approximate surface area is 193 Å². The number of rotatable bonds is 8. The molecule has 7 nitrogen and oxygen atoms in total. The zero-order valence-electron chi connectivity index (χ0n) is 19.2. The zero-order chi connectivity index (χ0) is 23.4. The third-order valence-corrected chi connectivity index (χ3v) is 5.66. The van der Waals surface area contributed by atoms with Crippen LogP contribution in [0.2, 0.25) is 5.15 Å². The van der Waals surface area contributed by atoms with Crippen LogP contribution in [0.15, 0.2) is 36.4 Å². The smallest absolute Gasteiger partial charge is 0.256 e. The van der Waals surface area contributed by atoms with Crippen LogP contribution in [0.1, 0.15) is 45.7 Å². The van der Waals surface area contributed by atoms with E-state index in [2.05, 4.69) is 10.4 Å². The summed E-state index contributed by atoms with van der Waals surface area (Å²) in [5, 5.41) is 7.77. The first-order valence-corrected chi connectivity index (χ1v) is 10.6. The molecule has 0 fully saturated rings. The van der Waals surface area contributed by atoms with Gasteiger partial charge in [0.1, 0.15) is 5.15 Å². The van der Waals surface area contributed by atoms with Crippen LogP contribution in [0.25, 0.3) is 0 Å². The van der Waals surface area contributed by atoms with Gasteiger partial charge in [-0.2, -0.15) is 5.10 Å². The summed E-state index contributed by atoms with van der Waals surface area (Å²) < 4.78 is 17.8. The normalized spacial score (nSPS) is 11.7. The van der Waals surface area contributed by atoms with Crippen molar-refractivity contribution in [1.82, 2.24) is 15.1 Å². The second-order valence-electron chi connectivity index (χ2n) is 7.55. The molecule has 3 rings (SSSR count). The van der Waals surface area contributed by atoms with Crippen LogP contribution in [0.5, 0.6) is 17.2 Å². The maximum atomic E-state index is 13.1. The fourth-order valence-corrected chi connectivity index (χ4v) is 3.81. The summed E-state index contributed by atoms with van der Waals surface area (Å²) >= 11 is 6.55. The first-order valence-electron chi connectivity index (χ1n) is 10.2. The van der Waals surface area contributed by atoms with Gasteiger partial charge < -0.3 is 19.5 Å². The first-order chi connectivity index (χ1) is 15.3. The molecule has 2 aromatic carbocycles. The van der Waals surface area contributed by atoms with Crippen molar-refractivity contribution in [3.63, 3.8) is 0 Å². The minimum atomic E-state index is -0.341. The average molecular weight is 458 g/mol. The van der Waals surface area contributed by atoms with Crippen molar-refractivity contribution in [2.75, 3.05) is 21.3 Å². The first kappa shape index (κ1) is 23.5. The predicted molar refractivity (Wildman–Crippen MR) is 124 cm³/mol. The van der Waals surface area contributed by atoms with Gasteiger partial charge in [-0.3, -0.25) is 4.79 Å². The van der Waals surface area contributed by atoms with Crippen molar-refractivity contribution >= 4 is 17.5 Å². The summed E-state index contributed by atoms with van der Waals surface area (Å²) in [7, 11) is 4.65. The van der Waals surface area contributed by atoms with E-state index in [1.165, 1.54) is 5.56 Å². The highest BCUT2D eigenvalue weighted by Crippen LogP contribution is 2.39. The highest BCUT2D eigenvalue weighted by atomic mass is 35.5. The molecule has 0 radical (unpaired) electrons. The fraction of sp³-hybridized carbons (Fsp3) is 0.333. The number of halogens is 1. The monoisotopic (exact) mass is 457 g/mol. The molecule has 1 aromatic heterocycles. The van der Waals surface area contributed by atoms with E-state index in [1.807, 2.05) is 50.2 Å². The van der Waals surface area contributed by atoms with Gasteiger partial charge in [-0.15, -0.1) is 0 Å². The number of ether oxygens (including phenoxy) is 3. The van der Waals surface area contributed by atoms with Crippen LogP contribution in [0, 0.1) is 13.8 Å². The van der Waals surface area contributed by atoms with E-state index in [1.54, 1.807) is 32.9 Å². The number of nitrogens with zero attached hydrogens (tertiary/aromatic N) is 2. The predicted octanol–water partition coefficient (Wildman–Crippen LogP) is 4.72. The number of hydrogen-bond acceptors (Lipinski definition) is 5. The van der Waals surface area contributed by atoms with Crippen molar-refractivity contribution in [1.29, 1.82) is 0 Å².